The molecule has 5 aliphatic rings. The molecule has 1 N–H and O–H groups in total. The van der Waals surface area contributed by atoms with Gasteiger partial charge in [0.25, 0.3) is 0 Å². The first kappa shape index (κ1) is 36.6. The number of ether oxygens (including phenoxy) is 7. The minimum atomic E-state index is -0.761. The molecule has 2 aliphatic carbocycles. The van der Waals surface area contributed by atoms with Crippen molar-refractivity contribution in [1.82, 2.24) is 0 Å². The van der Waals surface area contributed by atoms with Crippen LogP contribution in [0.4, 0.5) is 9.59 Å². The van der Waals surface area contributed by atoms with Crippen molar-refractivity contribution in [3.8, 4) is 0 Å². The predicted molar refractivity (Wildman–Crippen MR) is 175 cm³/mol. The number of epoxide rings is 1. The molecule has 0 aromatic heterocycles. The molecule has 0 aromatic rings. The SMILES string of the molecule is C=C1C(=O)O[C@@H]2[C@H](O)[C@@H](C)CC/C=C(/COC(=O)OCCCCCOC(=O)OC/C3=C/CC[C@@]4(C)O[C@H]4[C@H]4OC(=O)C(=C)[C@@H]4CC3)CC[C@@H]12. The number of esters is 2. The summed E-state index contributed by atoms with van der Waals surface area (Å²) in [6.07, 6.45) is 8.04. The molecule has 3 aliphatic heterocycles. The number of hydrogen-bond acceptors (Lipinski definition) is 12. The smallest absolute Gasteiger partial charge is 0.456 e. The van der Waals surface area contributed by atoms with Crippen molar-refractivity contribution in [2.75, 3.05) is 26.4 Å². The number of allylic oxidation sites excluding steroid dienone is 2. The molecule has 3 heterocycles. The third-order valence-corrected chi connectivity index (χ3v) is 10.5. The second-order valence-corrected chi connectivity index (χ2v) is 14.1. The predicted octanol–water partition coefficient (Wildman–Crippen LogP) is 5.81. The summed E-state index contributed by atoms with van der Waals surface area (Å²) in [4.78, 5) is 48.7. The van der Waals surface area contributed by atoms with Gasteiger partial charge in [-0.25, -0.2) is 19.2 Å². The highest BCUT2D eigenvalue weighted by atomic mass is 16.7. The zero-order chi connectivity index (χ0) is 35.1. The highest BCUT2D eigenvalue weighted by molar-refractivity contribution is 5.91. The van der Waals surface area contributed by atoms with E-state index in [1.54, 1.807) is 0 Å². The average molecular weight is 687 g/mol. The first-order chi connectivity index (χ1) is 23.5. The fourth-order valence-electron chi connectivity index (χ4n) is 7.23. The normalized spacial score (nSPS) is 35.1. The number of fused-ring (bicyclic) bond motifs is 4. The Balaban J connectivity index is 0.932. The molecule has 270 valence electrons. The minimum Gasteiger partial charge on any atom is -0.456 e. The summed E-state index contributed by atoms with van der Waals surface area (Å²) in [6.45, 7) is 12.3. The van der Waals surface area contributed by atoms with Crippen molar-refractivity contribution in [3.63, 3.8) is 0 Å². The number of aliphatic hydroxyl groups is 1. The van der Waals surface area contributed by atoms with Crippen LogP contribution in [0.15, 0.2) is 47.6 Å². The van der Waals surface area contributed by atoms with Gasteiger partial charge in [-0.2, -0.15) is 0 Å². The zero-order valence-electron chi connectivity index (χ0n) is 28.7. The Labute approximate surface area is 287 Å². The topological polar surface area (TPSA) is 156 Å². The van der Waals surface area contributed by atoms with Crippen LogP contribution in [-0.4, -0.2) is 85.8 Å². The third-order valence-electron chi connectivity index (χ3n) is 10.5. The summed E-state index contributed by atoms with van der Waals surface area (Å²) in [5.41, 5.74) is 2.40. The Morgan fingerprint density at radius 1 is 0.816 bits per heavy atom. The van der Waals surface area contributed by atoms with Crippen molar-refractivity contribution in [2.24, 2.45) is 17.8 Å². The number of carbonyl (C=O) groups excluding carboxylic acids is 4. The maximum atomic E-state index is 12.2. The molecule has 0 aromatic carbocycles. The molecule has 0 radical (unpaired) electrons. The molecule has 12 heteroatoms. The number of unbranched alkanes of at least 4 members (excludes halogenated alkanes) is 2. The van der Waals surface area contributed by atoms with Crippen LogP contribution in [0.2, 0.25) is 0 Å². The lowest BCUT2D eigenvalue weighted by Crippen LogP contribution is -2.37. The number of carbonyl (C=O) groups is 4. The van der Waals surface area contributed by atoms with Gasteiger partial charge in [-0.15, -0.1) is 0 Å². The van der Waals surface area contributed by atoms with E-state index in [1.807, 2.05) is 19.9 Å². The Morgan fingerprint density at radius 3 is 1.94 bits per heavy atom. The molecule has 3 saturated heterocycles. The van der Waals surface area contributed by atoms with E-state index in [0.29, 0.717) is 68.9 Å². The van der Waals surface area contributed by atoms with E-state index in [2.05, 4.69) is 19.2 Å². The molecule has 8 atom stereocenters. The maximum Gasteiger partial charge on any atom is 0.508 e. The Hall–Kier alpha value is -3.64. The molecule has 49 heavy (non-hydrogen) atoms. The van der Waals surface area contributed by atoms with Gasteiger partial charge in [0.05, 0.1) is 24.9 Å². The molecule has 0 spiro atoms. The van der Waals surface area contributed by atoms with Gasteiger partial charge >= 0.3 is 24.2 Å². The molecule has 0 unspecified atom stereocenters. The quantitative estimate of drug-likeness (QED) is 0.0736. The van der Waals surface area contributed by atoms with E-state index in [0.717, 1.165) is 24.0 Å². The summed E-state index contributed by atoms with van der Waals surface area (Å²) in [6, 6.07) is 0. The standard InChI is InChI=1S/C37H50O12/c1-22-10-8-11-25(13-15-27-23(2)33(39)47-30(27)29(22)38)20-45-35(41)43-18-6-5-7-19-44-36(42)46-21-26-12-9-17-37(4)32(49-37)31-28(16-14-26)24(3)34(40)48-31/h11-12,22,27-32,38H,2-3,5-10,13-21H2,1,4H3/b25-11+,26-12+/t22-,27-,28-,29+,30-,31-,32-,37+/m0/s1. The molecule has 3 fully saturated rings. The average Bonchev–Trinajstić information content (AvgIpc) is 3.55. The molecule has 0 bridgehead atoms. The lowest BCUT2D eigenvalue weighted by atomic mass is 9.82. The number of rotatable bonds is 10. The fourth-order valence-corrected chi connectivity index (χ4v) is 7.23. The van der Waals surface area contributed by atoms with Gasteiger partial charge in [0.1, 0.15) is 31.5 Å². The van der Waals surface area contributed by atoms with E-state index < -0.39 is 30.5 Å². The maximum absolute atomic E-state index is 12.2. The minimum absolute atomic E-state index is 0.0653. The second-order valence-electron chi connectivity index (χ2n) is 14.1. The van der Waals surface area contributed by atoms with Gasteiger partial charge in [-0.3, -0.25) is 0 Å². The molecule has 5 rings (SSSR count). The largest absolute Gasteiger partial charge is 0.508 e. The monoisotopic (exact) mass is 686 g/mol. The van der Waals surface area contributed by atoms with Gasteiger partial charge in [-0.05, 0) is 94.6 Å². The van der Waals surface area contributed by atoms with Crippen LogP contribution >= 0.6 is 0 Å². The van der Waals surface area contributed by atoms with Crippen LogP contribution in [0.1, 0.15) is 84.5 Å². The molecular weight excluding hydrogens is 636 g/mol. The van der Waals surface area contributed by atoms with Gasteiger partial charge in [-0.1, -0.05) is 32.2 Å². The Morgan fingerprint density at radius 2 is 1.35 bits per heavy atom. The summed E-state index contributed by atoms with van der Waals surface area (Å²) < 4.78 is 38.1. The third kappa shape index (κ3) is 9.33. The Kier molecular flexibility index (Phi) is 12.2. The van der Waals surface area contributed by atoms with Crippen molar-refractivity contribution in [3.05, 3.63) is 47.6 Å². The zero-order valence-corrected chi connectivity index (χ0v) is 28.7. The van der Waals surface area contributed by atoms with Crippen LogP contribution in [0, 0.1) is 17.8 Å². The highest BCUT2D eigenvalue weighted by Gasteiger charge is 2.61. The first-order valence-electron chi connectivity index (χ1n) is 17.6. The lowest BCUT2D eigenvalue weighted by molar-refractivity contribution is -0.146. The molecular formula is C37H50O12. The van der Waals surface area contributed by atoms with Crippen LogP contribution in [0.5, 0.6) is 0 Å². The van der Waals surface area contributed by atoms with Crippen LogP contribution in [0.3, 0.4) is 0 Å². The summed E-state index contributed by atoms with van der Waals surface area (Å²) in [5, 5.41) is 10.7. The second kappa shape index (κ2) is 16.4. The number of hydrogen-bond donors (Lipinski definition) is 1. The van der Waals surface area contributed by atoms with Crippen LogP contribution in [0.25, 0.3) is 0 Å². The molecule has 0 saturated carbocycles. The van der Waals surface area contributed by atoms with Crippen molar-refractivity contribution >= 4 is 24.2 Å². The van der Waals surface area contributed by atoms with Crippen molar-refractivity contribution < 1.29 is 57.4 Å². The van der Waals surface area contributed by atoms with Gasteiger partial charge in [0.15, 0.2) is 0 Å². The first-order valence-corrected chi connectivity index (χ1v) is 17.6. The van der Waals surface area contributed by atoms with E-state index >= 15 is 0 Å². The van der Waals surface area contributed by atoms with Gasteiger partial charge < -0.3 is 38.3 Å². The summed E-state index contributed by atoms with van der Waals surface area (Å²) >= 11 is 0. The van der Waals surface area contributed by atoms with E-state index in [4.69, 9.17) is 33.2 Å². The number of aliphatic hydroxyl groups excluding tert-OH is 1. The summed E-state index contributed by atoms with van der Waals surface area (Å²) in [5.74, 6) is -1.29. The van der Waals surface area contributed by atoms with Crippen molar-refractivity contribution in [1.29, 1.82) is 0 Å². The summed E-state index contributed by atoms with van der Waals surface area (Å²) in [7, 11) is 0. The van der Waals surface area contributed by atoms with E-state index in [9.17, 15) is 24.3 Å². The molecule has 12 nitrogen and oxygen atoms in total. The van der Waals surface area contributed by atoms with Crippen LogP contribution < -0.4 is 0 Å². The van der Waals surface area contributed by atoms with Gasteiger partial charge in [0.2, 0.25) is 0 Å². The molecule has 0 amide bonds. The lowest BCUT2D eigenvalue weighted by Gasteiger charge is -2.28. The van der Waals surface area contributed by atoms with E-state index in [1.165, 1.54) is 0 Å². The Bertz CT molecular complexity index is 1350. The highest BCUT2D eigenvalue weighted by Crippen LogP contribution is 2.49. The van der Waals surface area contributed by atoms with Crippen molar-refractivity contribution in [2.45, 2.75) is 114 Å². The van der Waals surface area contributed by atoms with Gasteiger partial charge in [0, 0.05) is 23.0 Å². The van der Waals surface area contributed by atoms with Crippen LogP contribution in [-0.2, 0) is 42.7 Å². The fraction of sp³-hybridized carbons (Fsp3) is 0.676. The van der Waals surface area contributed by atoms with E-state index in [-0.39, 0.29) is 68.0 Å².